The van der Waals surface area contributed by atoms with Crippen molar-refractivity contribution in [3.05, 3.63) is 60.2 Å². The van der Waals surface area contributed by atoms with Crippen molar-refractivity contribution >= 4 is 17.3 Å². The highest BCUT2D eigenvalue weighted by molar-refractivity contribution is 5.99. The average Bonchev–Trinajstić information content (AvgIpc) is 2.89. The zero-order valence-corrected chi connectivity index (χ0v) is 11.1. The largest absolute Gasteiger partial charge is 0.392 e. The summed E-state index contributed by atoms with van der Waals surface area (Å²) in [5.41, 5.74) is 2.55. The number of hydrogen-bond acceptors (Lipinski definition) is 3. The van der Waals surface area contributed by atoms with Crippen LogP contribution in [0.15, 0.2) is 54.6 Å². The monoisotopic (exact) mass is 268 g/mol. The van der Waals surface area contributed by atoms with E-state index in [1.807, 2.05) is 59.6 Å². The molecule has 1 saturated heterocycles. The van der Waals surface area contributed by atoms with Gasteiger partial charge in [-0.1, -0.05) is 36.4 Å². The predicted molar refractivity (Wildman–Crippen MR) is 78.3 cm³/mol. The van der Waals surface area contributed by atoms with Gasteiger partial charge in [0.05, 0.1) is 18.0 Å². The van der Waals surface area contributed by atoms with Crippen LogP contribution in [0.2, 0.25) is 0 Å². The van der Waals surface area contributed by atoms with E-state index in [2.05, 4.69) is 0 Å². The van der Waals surface area contributed by atoms with Crippen molar-refractivity contribution in [2.75, 3.05) is 16.6 Å². The van der Waals surface area contributed by atoms with Crippen LogP contribution < -0.4 is 10.0 Å². The maximum absolute atomic E-state index is 12.2. The Morgan fingerprint density at radius 1 is 1.00 bits per heavy atom. The highest BCUT2D eigenvalue weighted by atomic mass is 16.3. The van der Waals surface area contributed by atoms with Crippen molar-refractivity contribution in [1.29, 1.82) is 0 Å². The van der Waals surface area contributed by atoms with Gasteiger partial charge in [0, 0.05) is 18.5 Å². The van der Waals surface area contributed by atoms with Crippen molar-refractivity contribution in [3.8, 4) is 0 Å². The molecule has 4 nitrogen and oxygen atoms in total. The second-order valence-electron chi connectivity index (χ2n) is 4.70. The molecule has 1 amide bonds. The first-order valence-corrected chi connectivity index (χ1v) is 6.65. The molecule has 2 aromatic rings. The Bertz CT molecular complexity index is 613. The van der Waals surface area contributed by atoms with Gasteiger partial charge in [0.25, 0.3) is 0 Å². The van der Waals surface area contributed by atoms with Crippen LogP contribution in [-0.4, -0.2) is 17.6 Å². The number of hydrogen-bond donors (Lipinski definition) is 1. The zero-order chi connectivity index (χ0) is 13.9. The van der Waals surface area contributed by atoms with E-state index >= 15 is 0 Å². The number of carbonyl (C=O) groups is 1. The molecule has 0 aliphatic carbocycles. The Balaban J connectivity index is 2.02. The molecule has 2 aromatic carbocycles. The van der Waals surface area contributed by atoms with Crippen LogP contribution in [-0.2, 0) is 11.4 Å². The highest BCUT2D eigenvalue weighted by Crippen LogP contribution is 2.30. The van der Waals surface area contributed by atoms with Crippen LogP contribution >= 0.6 is 0 Å². The summed E-state index contributed by atoms with van der Waals surface area (Å²) >= 11 is 0. The Morgan fingerprint density at radius 3 is 2.45 bits per heavy atom. The molecular weight excluding hydrogens is 252 g/mol. The minimum absolute atomic E-state index is 0.0382. The molecule has 4 heteroatoms. The van der Waals surface area contributed by atoms with E-state index in [0.29, 0.717) is 13.0 Å². The van der Waals surface area contributed by atoms with E-state index < -0.39 is 0 Å². The summed E-state index contributed by atoms with van der Waals surface area (Å²) < 4.78 is 0. The SMILES string of the molecule is O=C1CCN(c2ccccc2CO)N1c1ccccc1. The van der Waals surface area contributed by atoms with Crippen molar-refractivity contribution in [2.24, 2.45) is 0 Å². The first-order chi connectivity index (χ1) is 9.81. The molecule has 0 aromatic heterocycles. The number of anilines is 2. The van der Waals surface area contributed by atoms with Crippen LogP contribution in [0.4, 0.5) is 11.4 Å². The molecule has 0 saturated carbocycles. The van der Waals surface area contributed by atoms with Gasteiger partial charge in [-0.25, -0.2) is 5.01 Å². The summed E-state index contributed by atoms with van der Waals surface area (Å²) in [6.45, 7) is 0.592. The maximum atomic E-state index is 12.2. The Morgan fingerprint density at radius 2 is 1.70 bits per heavy atom. The smallest absolute Gasteiger partial charge is 0.247 e. The molecule has 0 radical (unpaired) electrons. The topological polar surface area (TPSA) is 43.8 Å². The lowest BCUT2D eigenvalue weighted by molar-refractivity contribution is -0.117. The number of amides is 1. The minimum atomic E-state index is -0.0382. The number of aliphatic hydroxyl groups excluding tert-OH is 1. The molecule has 20 heavy (non-hydrogen) atoms. The number of para-hydroxylation sites is 2. The van der Waals surface area contributed by atoms with Gasteiger partial charge in [-0.05, 0) is 18.2 Å². The molecule has 102 valence electrons. The summed E-state index contributed by atoms with van der Waals surface area (Å²) in [7, 11) is 0. The van der Waals surface area contributed by atoms with Crippen LogP contribution in [0.1, 0.15) is 12.0 Å². The van der Waals surface area contributed by atoms with Gasteiger partial charge >= 0.3 is 0 Å². The van der Waals surface area contributed by atoms with Crippen LogP contribution in [0.25, 0.3) is 0 Å². The van der Waals surface area contributed by atoms with Crippen molar-refractivity contribution in [1.82, 2.24) is 0 Å². The summed E-state index contributed by atoms with van der Waals surface area (Å²) in [4.78, 5) is 12.2. The summed E-state index contributed by atoms with van der Waals surface area (Å²) in [5, 5.41) is 13.1. The van der Waals surface area contributed by atoms with Crippen molar-refractivity contribution < 1.29 is 9.90 Å². The van der Waals surface area contributed by atoms with Crippen molar-refractivity contribution in [2.45, 2.75) is 13.0 Å². The standard InChI is InChI=1S/C16H16N2O2/c19-12-13-6-4-5-9-15(13)17-11-10-16(20)18(17)14-7-2-1-3-8-14/h1-9,19H,10-12H2. The minimum Gasteiger partial charge on any atom is -0.392 e. The second kappa shape index (κ2) is 5.35. The van der Waals surface area contributed by atoms with Gasteiger partial charge < -0.3 is 5.11 Å². The molecular formula is C16H16N2O2. The molecule has 1 fully saturated rings. The Labute approximate surface area is 117 Å². The van der Waals surface area contributed by atoms with E-state index in [9.17, 15) is 9.90 Å². The Hall–Kier alpha value is -2.33. The first kappa shape index (κ1) is 12.7. The summed E-state index contributed by atoms with van der Waals surface area (Å²) in [6.07, 6.45) is 0.481. The first-order valence-electron chi connectivity index (χ1n) is 6.65. The molecule has 1 aliphatic heterocycles. The van der Waals surface area contributed by atoms with Gasteiger partial charge in [0.1, 0.15) is 0 Å². The third kappa shape index (κ3) is 2.14. The number of benzene rings is 2. The van der Waals surface area contributed by atoms with E-state index in [4.69, 9.17) is 0 Å². The van der Waals surface area contributed by atoms with Gasteiger partial charge in [0.15, 0.2) is 0 Å². The van der Waals surface area contributed by atoms with Gasteiger partial charge in [-0.15, -0.1) is 0 Å². The Kier molecular flexibility index (Phi) is 3.39. The fourth-order valence-corrected chi connectivity index (χ4v) is 2.52. The van der Waals surface area contributed by atoms with Crippen LogP contribution in [0, 0.1) is 0 Å². The van der Waals surface area contributed by atoms with E-state index in [-0.39, 0.29) is 12.5 Å². The number of hydrazine groups is 1. The molecule has 0 bridgehead atoms. The fourth-order valence-electron chi connectivity index (χ4n) is 2.52. The predicted octanol–water partition coefficient (Wildman–Crippen LogP) is 2.34. The van der Waals surface area contributed by atoms with Gasteiger partial charge in [-0.3, -0.25) is 9.80 Å². The summed E-state index contributed by atoms with van der Waals surface area (Å²) in [6, 6.07) is 17.2. The molecule has 0 unspecified atom stereocenters. The average molecular weight is 268 g/mol. The number of rotatable bonds is 3. The molecule has 1 heterocycles. The third-order valence-corrected chi connectivity index (χ3v) is 3.46. The lowest BCUT2D eigenvalue weighted by Gasteiger charge is -2.31. The van der Waals surface area contributed by atoms with Crippen molar-refractivity contribution in [3.63, 3.8) is 0 Å². The van der Waals surface area contributed by atoms with E-state index in [1.54, 1.807) is 5.01 Å². The quantitative estimate of drug-likeness (QED) is 0.929. The molecule has 0 atom stereocenters. The zero-order valence-electron chi connectivity index (χ0n) is 11.1. The molecule has 1 N–H and O–H groups in total. The lowest BCUT2D eigenvalue weighted by atomic mass is 10.2. The lowest BCUT2D eigenvalue weighted by Crippen LogP contribution is -2.39. The molecule has 0 spiro atoms. The van der Waals surface area contributed by atoms with Gasteiger partial charge in [-0.2, -0.15) is 0 Å². The number of aliphatic hydroxyl groups is 1. The third-order valence-electron chi connectivity index (χ3n) is 3.46. The summed E-state index contributed by atoms with van der Waals surface area (Å²) in [5.74, 6) is 0.0731. The number of carbonyl (C=O) groups excluding carboxylic acids is 1. The molecule has 3 rings (SSSR count). The second-order valence-corrected chi connectivity index (χ2v) is 4.70. The highest BCUT2D eigenvalue weighted by Gasteiger charge is 2.31. The van der Waals surface area contributed by atoms with Crippen LogP contribution in [0.5, 0.6) is 0 Å². The van der Waals surface area contributed by atoms with Crippen LogP contribution in [0.3, 0.4) is 0 Å². The molecule has 1 aliphatic rings. The number of nitrogens with zero attached hydrogens (tertiary/aromatic N) is 2. The maximum Gasteiger partial charge on any atom is 0.247 e. The fraction of sp³-hybridized carbons (Fsp3) is 0.188. The van der Waals surface area contributed by atoms with E-state index in [1.165, 1.54) is 0 Å². The van der Waals surface area contributed by atoms with Gasteiger partial charge in [0.2, 0.25) is 5.91 Å². The normalized spacial score (nSPS) is 14.9. The van der Waals surface area contributed by atoms with E-state index in [0.717, 1.165) is 16.9 Å².